The normalized spacial score (nSPS) is 13.7. The van der Waals surface area contributed by atoms with Gasteiger partial charge < -0.3 is 20.5 Å². The van der Waals surface area contributed by atoms with Crippen molar-refractivity contribution in [3.8, 4) is 16.8 Å². The van der Waals surface area contributed by atoms with Crippen LogP contribution >= 0.6 is 0 Å². The minimum atomic E-state index is -0.167. The van der Waals surface area contributed by atoms with Gasteiger partial charge in [0, 0.05) is 47.5 Å². The molecule has 0 fully saturated rings. The molecule has 2 aromatic heterocycles. The standard InChI is InChI=1S/C32H36N6O2/c1-6-37(7-2)15-14-33-32(40)30-21(4)29(35-22(30)5)17-27-26-16-23(10-13-28(26)36-31(27)39)24-18-34-38(19-24)25-11-8-20(3)9-12-25/h8-13,16-19,35H,6-7,14-15H2,1-5H3,(H,33,40)(H,36,39). The number of amides is 2. The Balaban J connectivity index is 1.40. The van der Waals surface area contributed by atoms with Gasteiger partial charge in [0.1, 0.15) is 0 Å². The Kier molecular flexibility index (Phi) is 7.71. The summed E-state index contributed by atoms with van der Waals surface area (Å²) in [5.41, 5.74) is 9.23. The van der Waals surface area contributed by atoms with Crippen molar-refractivity contribution < 1.29 is 9.59 Å². The molecule has 0 bridgehead atoms. The highest BCUT2D eigenvalue weighted by Crippen LogP contribution is 2.37. The molecule has 206 valence electrons. The fourth-order valence-electron chi connectivity index (χ4n) is 5.18. The van der Waals surface area contributed by atoms with Crippen molar-refractivity contribution in [2.24, 2.45) is 0 Å². The first-order valence-corrected chi connectivity index (χ1v) is 13.8. The van der Waals surface area contributed by atoms with Gasteiger partial charge in [-0.3, -0.25) is 9.59 Å². The molecule has 1 aliphatic rings. The van der Waals surface area contributed by atoms with Crippen LogP contribution in [0, 0.1) is 20.8 Å². The van der Waals surface area contributed by atoms with Crippen LogP contribution in [-0.2, 0) is 4.79 Å². The molecule has 40 heavy (non-hydrogen) atoms. The zero-order valence-electron chi connectivity index (χ0n) is 23.8. The van der Waals surface area contributed by atoms with Gasteiger partial charge in [-0.1, -0.05) is 37.6 Å². The molecule has 0 atom stereocenters. The summed E-state index contributed by atoms with van der Waals surface area (Å²) in [6.45, 7) is 13.4. The second-order valence-electron chi connectivity index (χ2n) is 10.2. The van der Waals surface area contributed by atoms with Gasteiger partial charge in [0.25, 0.3) is 11.8 Å². The number of fused-ring (bicyclic) bond motifs is 1. The number of anilines is 1. The van der Waals surface area contributed by atoms with E-state index in [0.717, 1.165) is 64.7 Å². The molecule has 8 nitrogen and oxygen atoms in total. The first kappa shape index (κ1) is 27.1. The molecule has 5 rings (SSSR count). The third-order valence-electron chi connectivity index (χ3n) is 7.62. The van der Waals surface area contributed by atoms with E-state index in [-0.39, 0.29) is 11.8 Å². The lowest BCUT2D eigenvalue weighted by Crippen LogP contribution is -2.35. The van der Waals surface area contributed by atoms with Crippen molar-refractivity contribution in [2.45, 2.75) is 34.6 Å². The zero-order chi connectivity index (χ0) is 28.4. The van der Waals surface area contributed by atoms with Gasteiger partial charge in [0.2, 0.25) is 0 Å². The van der Waals surface area contributed by atoms with Crippen molar-refractivity contribution in [2.75, 3.05) is 31.5 Å². The number of nitrogens with one attached hydrogen (secondary N) is 3. The summed E-state index contributed by atoms with van der Waals surface area (Å²) in [5, 5.41) is 10.6. The smallest absolute Gasteiger partial charge is 0.256 e. The van der Waals surface area contributed by atoms with E-state index < -0.39 is 0 Å². The molecule has 1 aliphatic heterocycles. The number of H-pyrrole nitrogens is 1. The molecule has 0 radical (unpaired) electrons. The Bertz CT molecular complexity index is 1590. The van der Waals surface area contributed by atoms with Gasteiger partial charge in [0.05, 0.1) is 23.0 Å². The second-order valence-corrected chi connectivity index (χ2v) is 10.2. The third-order valence-corrected chi connectivity index (χ3v) is 7.62. The maximum absolute atomic E-state index is 13.0. The SMILES string of the molecule is CCN(CC)CCNC(=O)c1c(C)[nH]c(C=C2C(=O)Nc3ccc(-c4cnn(-c5ccc(C)cc5)c4)cc32)c1C. The number of aromatic amines is 1. The molecule has 8 heteroatoms. The van der Waals surface area contributed by atoms with Gasteiger partial charge in [-0.25, -0.2) is 4.68 Å². The molecular weight excluding hydrogens is 500 g/mol. The average molecular weight is 537 g/mol. The number of hydrogen-bond donors (Lipinski definition) is 3. The highest BCUT2D eigenvalue weighted by molar-refractivity contribution is 6.35. The number of carbonyl (C=O) groups is 2. The lowest BCUT2D eigenvalue weighted by atomic mass is 10.00. The molecular formula is C32H36N6O2. The minimum absolute atomic E-state index is 0.104. The molecule has 3 N–H and O–H groups in total. The van der Waals surface area contributed by atoms with E-state index in [1.165, 1.54) is 5.56 Å². The molecule has 2 amide bonds. The van der Waals surface area contributed by atoms with Crippen molar-refractivity contribution in [1.82, 2.24) is 25.0 Å². The minimum Gasteiger partial charge on any atom is -0.358 e. The van der Waals surface area contributed by atoms with Crippen LogP contribution in [0.5, 0.6) is 0 Å². The van der Waals surface area contributed by atoms with Crippen molar-refractivity contribution in [3.63, 3.8) is 0 Å². The predicted octanol–water partition coefficient (Wildman–Crippen LogP) is 5.36. The van der Waals surface area contributed by atoms with Crippen LogP contribution in [0.4, 0.5) is 5.69 Å². The predicted molar refractivity (Wildman–Crippen MR) is 161 cm³/mol. The maximum atomic E-state index is 13.0. The average Bonchev–Trinajstić information content (AvgIpc) is 3.63. The number of likely N-dealkylation sites (N-methyl/N-ethyl adjacent to an activating group) is 1. The van der Waals surface area contributed by atoms with Crippen molar-refractivity contribution in [3.05, 3.63) is 88.5 Å². The molecule has 0 saturated carbocycles. The topological polar surface area (TPSA) is 95.1 Å². The summed E-state index contributed by atoms with van der Waals surface area (Å²) >= 11 is 0. The summed E-state index contributed by atoms with van der Waals surface area (Å²) < 4.78 is 1.85. The fourth-order valence-corrected chi connectivity index (χ4v) is 5.18. The Labute approximate surface area is 235 Å². The highest BCUT2D eigenvalue weighted by Gasteiger charge is 2.26. The number of nitrogens with zero attached hydrogens (tertiary/aromatic N) is 3. The van der Waals surface area contributed by atoms with E-state index in [4.69, 9.17) is 0 Å². The lowest BCUT2D eigenvalue weighted by molar-refractivity contribution is -0.110. The van der Waals surface area contributed by atoms with Gasteiger partial charge in [-0.2, -0.15) is 5.10 Å². The quantitative estimate of drug-likeness (QED) is 0.251. The van der Waals surface area contributed by atoms with E-state index >= 15 is 0 Å². The van der Waals surface area contributed by atoms with E-state index in [9.17, 15) is 9.59 Å². The first-order chi connectivity index (χ1) is 19.3. The molecule has 3 heterocycles. The van der Waals surface area contributed by atoms with Crippen LogP contribution in [0.15, 0.2) is 54.9 Å². The van der Waals surface area contributed by atoms with Crippen molar-refractivity contribution >= 4 is 29.2 Å². The number of carbonyl (C=O) groups excluding carboxylic acids is 2. The maximum Gasteiger partial charge on any atom is 0.256 e. The van der Waals surface area contributed by atoms with Crippen LogP contribution < -0.4 is 10.6 Å². The van der Waals surface area contributed by atoms with E-state index in [1.807, 2.05) is 67.3 Å². The number of rotatable bonds is 9. The molecule has 0 unspecified atom stereocenters. The van der Waals surface area contributed by atoms with Gasteiger partial charge in [-0.15, -0.1) is 0 Å². The molecule has 4 aromatic rings. The van der Waals surface area contributed by atoms with E-state index in [2.05, 4.69) is 58.5 Å². The Hall–Kier alpha value is -4.43. The second kappa shape index (κ2) is 11.4. The summed E-state index contributed by atoms with van der Waals surface area (Å²) in [4.78, 5) is 31.6. The Morgan fingerprint density at radius 2 is 1.80 bits per heavy atom. The first-order valence-electron chi connectivity index (χ1n) is 13.8. The number of aromatic nitrogens is 3. The third kappa shape index (κ3) is 5.35. The van der Waals surface area contributed by atoms with E-state index in [0.29, 0.717) is 17.7 Å². The van der Waals surface area contributed by atoms with Crippen LogP contribution in [-0.4, -0.2) is 57.7 Å². The van der Waals surface area contributed by atoms with Crippen LogP contribution in [0.1, 0.15) is 52.3 Å². The van der Waals surface area contributed by atoms with Crippen molar-refractivity contribution in [1.29, 1.82) is 0 Å². The summed E-state index contributed by atoms with van der Waals surface area (Å²) in [6.07, 6.45) is 5.66. The Morgan fingerprint density at radius 3 is 2.52 bits per heavy atom. The largest absolute Gasteiger partial charge is 0.358 e. The monoisotopic (exact) mass is 536 g/mol. The molecule has 0 saturated heterocycles. The number of hydrogen-bond acceptors (Lipinski definition) is 4. The molecule has 0 aliphatic carbocycles. The van der Waals surface area contributed by atoms with Gasteiger partial charge in [0.15, 0.2) is 0 Å². The Morgan fingerprint density at radius 1 is 1.05 bits per heavy atom. The molecule has 2 aromatic carbocycles. The van der Waals surface area contributed by atoms with E-state index in [1.54, 1.807) is 0 Å². The summed E-state index contributed by atoms with van der Waals surface area (Å²) in [6, 6.07) is 14.1. The highest BCUT2D eigenvalue weighted by atomic mass is 16.2. The summed E-state index contributed by atoms with van der Waals surface area (Å²) in [5.74, 6) is -0.272. The van der Waals surface area contributed by atoms with Crippen LogP contribution in [0.25, 0.3) is 28.5 Å². The number of aryl methyl sites for hydroxylation is 2. The summed E-state index contributed by atoms with van der Waals surface area (Å²) in [7, 11) is 0. The fraction of sp³-hybridized carbons (Fsp3) is 0.281. The van der Waals surface area contributed by atoms with Crippen LogP contribution in [0.3, 0.4) is 0 Å². The van der Waals surface area contributed by atoms with Crippen LogP contribution in [0.2, 0.25) is 0 Å². The lowest BCUT2D eigenvalue weighted by Gasteiger charge is -2.18. The van der Waals surface area contributed by atoms with Gasteiger partial charge >= 0.3 is 0 Å². The zero-order valence-corrected chi connectivity index (χ0v) is 23.8. The van der Waals surface area contributed by atoms with Gasteiger partial charge in [-0.05, 0) is 75.3 Å². The molecule has 0 spiro atoms. The number of benzene rings is 2.